The van der Waals surface area contributed by atoms with E-state index in [2.05, 4.69) is 5.32 Å². The second kappa shape index (κ2) is 9.03. The molecule has 0 radical (unpaired) electrons. The summed E-state index contributed by atoms with van der Waals surface area (Å²) in [5.74, 6) is -0.400. The summed E-state index contributed by atoms with van der Waals surface area (Å²) in [4.78, 5) is 24.0. The first kappa shape index (κ1) is 18.0. The zero-order valence-corrected chi connectivity index (χ0v) is 13.7. The van der Waals surface area contributed by atoms with Gasteiger partial charge >= 0.3 is 5.97 Å². The smallest absolute Gasteiger partial charge is 0.328 e. The van der Waals surface area contributed by atoms with Gasteiger partial charge in [0.15, 0.2) is 0 Å². The topological polar surface area (TPSA) is 55.4 Å². The standard InChI is InChI=1S/C18H25NO3/c1-13(2)12-16(18(21)22-14(3)4)19-17(20)11-10-15-8-6-5-7-9-15/h5-11,13-14,16H,12H2,1-4H3,(H,19,20)/b11-10+/t16-/m1/s1. The average Bonchev–Trinajstić information content (AvgIpc) is 2.44. The maximum absolute atomic E-state index is 12.0. The minimum absolute atomic E-state index is 0.195. The van der Waals surface area contributed by atoms with Gasteiger partial charge in [0, 0.05) is 6.08 Å². The molecule has 120 valence electrons. The molecule has 1 amide bonds. The summed E-state index contributed by atoms with van der Waals surface area (Å²) in [5.41, 5.74) is 0.933. The van der Waals surface area contributed by atoms with Gasteiger partial charge in [0.05, 0.1) is 6.10 Å². The molecule has 0 aliphatic rings. The van der Waals surface area contributed by atoms with Gasteiger partial charge < -0.3 is 10.1 Å². The lowest BCUT2D eigenvalue weighted by Gasteiger charge is -2.20. The summed E-state index contributed by atoms with van der Waals surface area (Å²) in [5, 5.41) is 2.72. The van der Waals surface area contributed by atoms with Gasteiger partial charge in [0.2, 0.25) is 5.91 Å². The third kappa shape index (κ3) is 7.07. The van der Waals surface area contributed by atoms with Crippen molar-refractivity contribution in [2.75, 3.05) is 0 Å². The molecule has 0 saturated carbocycles. The van der Waals surface area contributed by atoms with Crippen LogP contribution in [0.2, 0.25) is 0 Å². The number of carbonyl (C=O) groups is 2. The number of hydrogen-bond donors (Lipinski definition) is 1. The van der Waals surface area contributed by atoms with Crippen LogP contribution in [0.3, 0.4) is 0 Å². The zero-order chi connectivity index (χ0) is 16.5. The lowest BCUT2D eigenvalue weighted by atomic mass is 10.0. The van der Waals surface area contributed by atoms with Crippen LogP contribution in [0.1, 0.15) is 39.7 Å². The fourth-order valence-electron chi connectivity index (χ4n) is 1.96. The zero-order valence-electron chi connectivity index (χ0n) is 13.7. The Labute approximate surface area is 132 Å². The van der Waals surface area contributed by atoms with E-state index in [0.29, 0.717) is 6.42 Å². The molecular formula is C18H25NO3. The second-order valence-electron chi connectivity index (χ2n) is 5.92. The van der Waals surface area contributed by atoms with Crippen molar-refractivity contribution < 1.29 is 14.3 Å². The molecule has 1 rings (SSSR count). The van der Waals surface area contributed by atoms with Crippen molar-refractivity contribution >= 4 is 18.0 Å². The second-order valence-corrected chi connectivity index (χ2v) is 5.92. The third-order valence-corrected chi connectivity index (χ3v) is 2.89. The number of esters is 1. The van der Waals surface area contributed by atoms with E-state index in [1.165, 1.54) is 6.08 Å². The third-order valence-electron chi connectivity index (χ3n) is 2.89. The molecule has 0 aliphatic carbocycles. The fourth-order valence-corrected chi connectivity index (χ4v) is 1.96. The first-order valence-corrected chi connectivity index (χ1v) is 7.62. The Morgan fingerprint density at radius 2 is 1.77 bits per heavy atom. The predicted octanol–water partition coefficient (Wildman–Crippen LogP) is 3.18. The molecule has 4 nitrogen and oxygen atoms in total. The molecule has 0 bridgehead atoms. The van der Waals surface area contributed by atoms with Crippen LogP contribution in [0.4, 0.5) is 0 Å². The maximum atomic E-state index is 12.0. The summed E-state index contributed by atoms with van der Waals surface area (Å²) >= 11 is 0. The Morgan fingerprint density at radius 3 is 2.32 bits per heavy atom. The van der Waals surface area contributed by atoms with Crippen molar-refractivity contribution in [1.29, 1.82) is 0 Å². The molecule has 1 aromatic rings. The molecule has 0 saturated heterocycles. The van der Waals surface area contributed by atoms with Crippen LogP contribution in [0.15, 0.2) is 36.4 Å². The highest BCUT2D eigenvalue weighted by atomic mass is 16.5. The average molecular weight is 303 g/mol. The van der Waals surface area contributed by atoms with Gasteiger partial charge in [-0.2, -0.15) is 0 Å². The summed E-state index contributed by atoms with van der Waals surface area (Å²) in [6.45, 7) is 7.59. The number of hydrogen-bond acceptors (Lipinski definition) is 3. The van der Waals surface area contributed by atoms with Gasteiger partial charge in [0.1, 0.15) is 6.04 Å². The van der Waals surface area contributed by atoms with Crippen LogP contribution in [0, 0.1) is 5.92 Å². The van der Waals surface area contributed by atoms with Crippen molar-refractivity contribution in [3.63, 3.8) is 0 Å². The van der Waals surface area contributed by atoms with Gasteiger partial charge in [0.25, 0.3) is 0 Å². The van der Waals surface area contributed by atoms with E-state index >= 15 is 0 Å². The van der Waals surface area contributed by atoms with Crippen LogP contribution in [-0.4, -0.2) is 24.0 Å². The SMILES string of the molecule is CC(C)C[C@@H](NC(=O)/C=C/c1ccccc1)C(=O)OC(C)C. The number of rotatable bonds is 7. The number of amides is 1. The molecule has 1 N–H and O–H groups in total. The Balaban J connectivity index is 2.66. The molecule has 0 aromatic heterocycles. The van der Waals surface area contributed by atoms with E-state index in [0.717, 1.165) is 5.56 Å². The molecule has 4 heteroatoms. The lowest BCUT2D eigenvalue weighted by molar-refractivity contribution is -0.151. The van der Waals surface area contributed by atoms with E-state index in [4.69, 9.17) is 4.74 Å². The van der Waals surface area contributed by atoms with E-state index < -0.39 is 6.04 Å². The highest BCUT2D eigenvalue weighted by molar-refractivity contribution is 5.94. The largest absolute Gasteiger partial charge is 0.461 e. The van der Waals surface area contributed by atoms with Crippen LogP contribution >= 0.6 is 0 Å². The van der Waals surface area contributed by atoms with E-state index in [-0.39, 0.29) is 23.9 Å². The minimum atomic E-state index is -0.615. The Hall–Kier alpha value is -2.10. The first-order valence-electron chi connectivity index (χ1n) is 7.62. The monoisotopic (exact) mass is 303 g/mol. The molecule has 1 aromatic carbocycles. The van der Waals surface area contributed by atoms with Gasteiger partial charge in [-0.05, 0) is 37.8 Å². The van der Waals surface area contributed by atoms with Crippen LogP contribution in [-0.2, 0) is 14.3 Å². The van der Waals surface area contributed by atoms with Crippen molar-refractivity contribution in [1.82, 2.24) is 5.32 Å². The molecule has 0 unspecified atom stereocenters. The molecule has 1 atom stereocenters. The summed E-state index contributed by atoms with van der Waals surface area (Å²) in [7, 11) is 0. The van der Waals surface area contributed by atoms with Gasteiger partial charge in [-0.1, -0.05) is 44.2 Å². The van der Waals surface area contributed by atoms with Crippen LogP contribution in [0.25, 0.3) is 6.08 Å². The molecule has 0 fully saturated rings. The number of ether oxygens (including phenoxy) is 1. The lowest BCUT2D eigenvalue weighted by Crippen LogP contribution is -2.42. The number of nitrogens with one attached hydrogen (secondary N) is 1. The summed E-state index contributed by atoms with van der Waals surface area (Å²) in [6.07, 6.45) is 3.51. The molecular weight excluding hydrogens is 278 g/mol. The van der Waals surface area contributed by atoms with Crippen molar-refractivity contribution in [2.45, 2.75) is 46.3 Å². The number of benzene rings is 1. The van der Waals surface area contributed by atoms with Gasteiger partial charge in [-0.25, -0.2) is 4.79 Å². The number of carbonyl (C=O) groups excluding carboxylic acids is 2. The summed E-state index contributed by atoms with van der Waals surface area (Å²) < 4.78 is 5.20. The van der Waals surface area contributed by atoms with Crippen molar-refractivity contribution in [3.05, 3.63) is 42.0 Å². The van der Waals surface area contributed by atoms with Crippen LogP contribution in [0.5, 0.6) is 0 Å². The molecule has 0 spiro atoms. The first-order chi connectivity index (χ1) is 10.4. The minimum Gasteiger partial charge on any atom is -0.461 e. The van der Waals surface area contributed by atoms with E-state index in [1.54, 1.807) is 19.9 Å². The summed E-state index contributed by atoms with van der Waals surface area (Å²) in [6, 6.07) is 8.91. The molecule has 0 aliphatic heterocycles. The van der Waals surface area contributed by atoms with E-state index in [1.807, 2.05) is 44.2 Å². The Morgan fingerprint density at radius 1 is 1.14 bits per heavy atom. The molecule has 0 heterocycles. The van der Waals surface area contributed by atoms with E-state index in [9.17, 15) is 9.59 Å². The Kier molecular flexibility index (Phi) is 7.37. The van der Waals surface area contributed by atoms with Crippen LogP contribution < -0.4 is 5.32 Å². The normalized spacial score (nSPS) is 12.6. The van der Waals surface area contributed by atoms with Crippen molar-refractivity contribution in [3.8, 4) is 0 Å². The Bertz CT molecular complexity index is 506. The highest BCUT2D eigenvalue weighted by Crippen LogP contribution is 2.08. The van der Waals surface area contributed by atoms with Gasteiger partial charge in [-0.15, -0.1) is 0 Å². The quantitative estimate of drug-likeness (QED) is 0.622. The van der Waals surface area contributed by atoms with Crippen molar-refractivity contribution in [2.24, 2.45) is 5.92 Å². The maximum Gasteiger partial charge on any atom is 0.328 e. The predicted molar refractivity (Wildman–Crippen MR) is 88.1 cm³/mol. The fraction of sp³-hybridized carbons (Fsp3) is 0.444. The molecule has 22 heavy (non-hydrogen) atoms. The van der Waals surface area contributed by atoms with Gasteiger partial charge in [-0.3, -0.25) is 4.79 Å². The highest BCUT2D eigenvalue weighted by Gasteiger charge is 2.23.